The summed E-state index contributed by atoms with van der Waals surface area (Å²) in [7, 11) is 0. The van der Waals surface area contributed by atoms with Gasteiger partial charge in [-0.2, -0.15) is 0 Å². The van der Waals surface area contributed by atoms with Gasteiger partial charge in [-0.05, 0) is 39.7 Å². The van der Waals surface area contributed by atoms with Gasteiger partial charge >= 0.3 is 5.97 Å². The van der Waals surface area contributed by atoms with Crippen molar-refractivity contribution in [2.75, 3.05) is 13.2 Å². The van der Waals surface area contributed by atoms with E-state index in [0.717, 1.165) is 32.2 Å². The van der Waals surface area contributed by atoms with E-state index in [4.69, 9.17) is 4.74 Å². The van der Waals surface area contributed by atoms with Gasteiger partial charge in [0, 0.05) is 12.5 Å². The van der Waals surface area contributed by atoms with Gasteiger partial charge in [0.15, 0.2) is 0 Å². The summed E-state index contributed by atoms with van der Waals surface area (Å²) in [5.41, 5.74) is 0. The van der Waals surface area contributed by atoms with Crippen LogP contribution in [0, 0.1) is 0 Å². The molecule has 16 heavy (non-hydrogen) atoms. The Morgan fingerprint density at radius 3 is 2.81 bits per heavy atom. The number of carbonyl (C=O) groups is 1. The fourth-order valence-electron chi connectivity index (χ4n) is 1.49. The summed E-state index contributed by atoms with van der Waals surface area (Å²) in [5, 5.41) is 3.41. The molecule has 0 saturated carbocycles. The summed E-state index contributed by atoms with van der Waals surface area (Å²) in [6.07, 6.45) is 6.60. The highest BCUT2D eigenvalue weighted by Crippen LogP contribution is 2.01. The molecule has 0 saturated heterocycles. The second-order valence-electron chi connectivity index (χ2n) is 4.00. The standard InChI is InChI=1S/C13H25NO2/c1-4-9-12(3)14-11-8-6-7-10-13(15)16-5-2/h4,12,14H,1,5-11H2,2-3H3. The van der Waals surface area contributed by atoms with Gasteiger partial charge in [-0.25, -0.2) is 0 Å². The number of hydrogen-bond acceptors (Lipinski definition) is 3. The van der Waals surface area contributed by atoms with E-state index in [-0.39, 0.29) is 5.97 Å². The second kappa shape index (κ2) is 10.7. The monoisotopic (exact) mass is 227 g/mol. The highest BCUT2D eigenvalue weighted by atomic mass is 16.5. The molecule has 0 aromatic carbocycles. The van der Waals surface area contributed by atoms with Gasteiger partial charge in [-0.3, -0.25) is 4.79 Å². The number of unbranched alkanes of at least 4 members (excludes halogenated alkanes) is 2. The maximum atomic E-state index is 11.0. The summed E-state index contributed by atoms with van der Waals surface area (Å²) in [6.45, 7) is 9.19. The van der Waals surface area contributed by atoms with Crippen molar-refractivity contribution in [2.45, 2.75) is 52.0 Å². The fourth-order valence-corrected chi connectivity index (χ4v) is 1.49. The smallest absolute Gasteiger partial charge is 0.305 e. The molecule has 3 heteroatoms. The van der Waals surface area contributed by atoms with Crippen LogP contribution >= 0.6 is 0 Å². The van der Waals surface area contributed by atoms with Gasteiger partial charge < -0.3 is 10.1 Å². The van der Waals surface area contributed by atoms with Crippen molar-refractivity contribution >= 4 is 5.97 Å². The molecule has 0 aliphatic heterocycles. The zero-order chi connectivity index (χ0) is 12.2. The van der Waals surface area contributed by atoms with Gasteiger partial charge in [0.1, 0.15) is 0 Å². The third-order valence-corrected chi connectivity index (χ3v) is 2.38. The lowest BCUT2D eigenvalue weighted by atomic mass is 10.2. The topological polar surface area (TPSA) is 38.3 Å². The van der Waals surface area contributed by atoms with E-state index >= 15 is 0 Å². The van der Waals surface area contributed by atoms with Crippen LogP contribution in [0.25, 0.3) is 0 Å². The second-order valence-corrected chi connectivity index (χ2v) is 4.00. The molecule has 0 spiro atoms. The average Bonchev–Trinajstić information content (AvgIpc) is 2.24. The Bertz CT molecular complexity index is 192. The minimum Gasteiger partial charge on any atom is -0.466 e. The summed E-state index contributed by atoms with van der Waals surface area (Å²) in [6, 6.07) is 0.502. The van der Waals surface area contributed by atoms with Crippen LogP contribution in [0.1, 0.15) is 46.0 Å². The Kier molecular flexibility index (Phi) is 10.1. The molecule has 0 rings (SSSR count). The van der Waals surface area contributed by atoms with E-state index < -0.39 is 0 Å². The molecule has 94 valence electrons. The van der Waals surface area contributed by atoms with Crippen LogP contribution in [-0.4, -0.2) is 25.2 Å². The Labute approximate surface area is 99.3 Å². The van der Waals surface area contributed by atoms with Crippen LogP contribution < -0.4 is 5.32 Å². The maximum Gasteiger partial charge on any atom is 0.305 e. The molecule has 0 radical (unpaired) electrons. The van der Waals surface area contributed by atoms with Crippen molar-refractivity contribution in [1.82, 2.24) is 5.32 Å². The van der Waals surface area contributed by atoms with Gasteiger partial charge in [0.2, 0.25) is 0 Å². The molecular weight excluding hydrogens is 202 g/mol. The molecular formula is C13H25NO2. The normalized spacial score (nSPS) is 12.1. The van der Waals surface area contributed by atoms with E-state index in [1.165, 1.54) is 0 Å². The predicted octanol–water partition coefficient (Wildman–Crippen LogP) is 2.66. The molecule has 0 heterocycles. The molecule has 0 bridgehead atoms. The molecule has 0 amide bonds. The lowest BCUT2D eigenvalue weighted by Gasteiger charge is -2.10. The van der Waals surface area contributed by atoms with Crippen LogP contribution in [0.3, 0.4) is 0 Å². The zero-order valence-corrected chi connectivity index (χ0v) is 10.6. The molecule has 1 unspecified atom stereocenters. The highest BCUT2D eigenvalue weighted by Gasteiger charge is 2.01. The summed E-state index contributed by atoms with van der Waals surface area (Å²) >= 11 is 0. The van der Waals surface area contributed by atoms with Crippen LogP contribution in [-0.2, 0) is 9.53 Å². The van der Waals surface area contributed by atoms with Crippen LogP contribution in [0.5, 0.6) is 0 Å². The number of rotatable bonds is 10. The first kappa shape index (κ1) is 15.2. The van der Waals surface area contributed by atoms with E-state index in [1.54, 1.807) is 0 Å². The van der Waals surface area contributed by atoms with Gasteiger partial charge in [-0.1, -0.05) is 12.5 Å². The van der Waals surface area contributed by atoms with Crippen molar-refractivity contribution in [3.8, 4) is 0 Å². The first-order valence-corrected chi connectivity index (χ1v) is 6.20. The van der Waals surface area contributed by atoms with Crippen LogP contribution in [0.2, 0.25) is 0 Å². The Balaban J connectivity index is 3.21. The lowest BCUT2D eigenvalue weighted by molar-refractivity contribution is -0.143. The third-order valence-electron chi connectivity index (χ3n) is 2.38. The molecule has 1 atom stereocenters. The van der Waals surface area contributed by atoms with Gasteiger partial charge in [0.05, 0.1) is 6.61 Å². The van der Waals surface area contributed by atoms with Crippen molar-refractivity contribution in [2.24, 2.45) is 0 Å². The Morgan fingerprint density at radius 1 is 1.44 bits per heavy atom. The number of carbonyl (C=O) groups excluding carboxylic acids is 1. The number of hydrogen-bond donors (Lipinski definition) is 1. The lowest BCUT2D eigenvalue weighted by Crippen LogP contribution is -2.26. The molecule has 0 aliphatic rings. The van der Waals surface area contributed by atoms with Crippen LogP contribution in [0.15, 0.2) is 12.7 Å². The molecule has 0 aliphatic carbocycles. The number of esters is 1. The summed E-state index contributed by atoms with van der Waals surface area (Å²) in [5.74, 6) is -0.0736. The predicted molar refractivity (Wildman–Crippen MR) is 67.4 cm³/mol. The van der Waals surface area contributed by atoms with E-state index in [0.29, 0.717) is 19.1 Å². The highest BCUT2D eigenvalue weighted by molar-refractivity contribution is 5.69. The SMILES string of the molecule is C=CCC(C)NCCCCCC(=O)OCC. The van der Waals surface area contributed by atoms with Crippen molar-refractivity contribution in [3.63, 3.8) is 0 Å². The molecule has 3 nitrogen and oxygen atoms in total. The average molecular weight is 227 g/mol. The first-order valence-electron chi connectivity index (χ1n) is 6.20. The maximum absolute atomic E-state index is 11.0. The molecule has 1 N–H and O–H groups in total. The van der Waals surface area contributed by atoms with Crippen molar-refractivity contribution < 1.29 is 9.53 Å². The quantitative estimate of drug-likeness (QED) is 0.354. The summed E-state index contributed by atoms with van der Waals surface area (Å²) in [4.78, 5) is 11.0. The summed E-state index contributed by atoms with van der Waals surface area (Å²) < 4.78 is 4.85. The minimum absolute atomic E-state index is 0.0736. The van der Waals surface area contributed by atoms with E-state index in [1.807, 2.05) is 13.0 Å². The first-order chi connectivity index (χ1) is 7.70. The van der Waals surface area contributed by atoms with Gasteiger partial charge in [0.25, 0.3) is 0 Å². The Morgan fingerprint density at radius 2 is 2.19 bits per heavy atom. The number of ether oxygens (including phenoxy) is 1. The van der Waals surface area contributed by atoms with Crippen molar-refractivity contribution in [3.05, 3.63) is 12.7 Å². The van der Waals surface area contributed by atoms with E-state index in [9.17, 15) is 4.79 Å². The minimum atomic E-state index is -0.0736. The fraction of sp³-hybridized carbons (Fsp3) is 0.769. The molecule has 0 aromatic heterocycles. The van der Waals surface area contributed by atoms with Gasteiger partial charge in [-0.15, -0.1) is 6.58 Å². The van der Waals surface area contributed by atoms with E-state index in [2.05, 4.69) is 18.8 Å². The molecule has 0 fully saturated rings. The van der Waals surface area contributed by atoms with Crippen LogP contribution in [0.4, 0.5) is 0 Å². The largest absolute Gasteiger partial charge is 0.466 e. The number of nitrogens with one attached hydrogen (secondary N) is 1. The zero-order valence-electron chi connectivity index (χ0n) is 10.6. The van der Waals surface area contributed by atoms with Crippen molar-refractivity contribution in [1.29, 1.82) is 0 Å². The molecule has 0 aromatic rings. The Hall–Kier alpha value is -0.830. The third kappa shape index (κ3) is 9.71.